The molecule has 1 atom stereocenters. The molecule has 0 N–H and O–H groups in total. The summed E-state index contributed by atoms with van der Waals surface area (Å²) in [7, 11) is -1.91. The van der Waals surface area contributed by atoms with Gasteiger partial charge in [0.25, 0.3) is 0 Å². The fraction of sp³-hybridized carbons (Fsp3) is 0.259. The second kappa shape index (κ2) is 7.61. The van der Waals surface area contributed by atoms with Gasteiger partial charge in [0.2, 0.25) is 10.0 Å². The Bertz CT molecular complexity index is 1310. The van der Waals surface area contributed by atoms with Crippen LogP contribution in [0.2, 0.25) is 0 Å². The first-order chi connectivity index (χ1) is 15.3. The average molecular weight is 446 g/mol. The van der Waals surface area contributed by atoms with Crippen molar-refractivity contribution in [3.8, 4) is 5.75 Å². The maximum atomic E-state index is 13.5. The van der Waals surface area contributed by atoms with Gasteiger partial charge in [-0.15, -0.1) is 0 Å². The molecule has 5 rings (SSSR count). The largest absolute Gasteiger partial charge is 0.497 e. The second-order valence-corrected chi connectivity index (χ2v) is 10.8. The first kappa shape index (κ1) is 21.0. The van der Waals surface area contributed by atoms with Gasteiger partial charge >= 0.3 is 0 Å². The summed E-state index contributed by atoms with van der Waals surface area (Å²) in [5.74, 6) is 0.806. The van der Waals surface area contributed by atoms with Crippen LogP contribution in [0.4, 0.5) is 0 Å². The van der Waals surface area contributed by atoms with E-state index in [1.54, 1.807) is 23.5 Å². The highest BCUT2D eigenvalue weighted by atomic mass is 32.2. The van der Waals surface area contributed by atoms with Gasteiger partial charge in [0, 0.05) is 18.5 Å². The van der Waals surface area contributed by atoms with Crippen molar-refractivity contribution in [3.05, 3.63) is 101 Å². The van der Waals surface area contributed by atoms with Crippen molar-refractivity contribution >= 4 is 15.6 Å². The molecule has 5 heteroatoms. The molecule has 0 saturated carbocycles. The Morgan fingerprint density at radius 3 is 2.31 bits per heavy atom. The van der Waals surface area contributed by atoms with E-state index in [9.17, 15) is 8.42 Å². The van der Waals surface area contributed by atoms with Gasteiger partial charge in [-0.25, -0.2) is 8.42 Å². The van der Waals surface area contributed by atoms with Crippen molar-refractivity contribution in [2.75, 3.05) is 20.2 Å². The van der Waals surface area contributed by atoms with Crippen LogP contribution in [0.25, 0.3) is 5.57 Å². The van der Waals surface area contributed by atoms with E-state index in [4.69, 9.17) is 4.74 Å². The summed E-state index contributed by atoms with van der Waals surface area (Å²) in [5, 5.41) is 0. The molecule has 32 heavy (non-hydrogen) atoms. The summed E-state index contributed by atoms with van der Waals surface area (Å²) in [6, 6.07) is 23.7. The minimum atomic E-state index is -3.57. The minimum Gasteiger partial charge on any atom is -0.497 e. The lowest BCUT2D eigenvalue weighted by molar-refractivity contribution is 0.324. The molecule has 1 aliphatic carbocycles. The average Bonchev–Trinajstić information content (AvgIpc) is 3.07. The topological polar surface area (TPSA) is 46.6 Å². The Morgan fingerprint density at radius 1 is 0.938 bits per heavy atom. The summed E-state index contributed by atoms with van der Waals surface area (Å²) in [4.78, 5) is 0.355. The number of benzene rings is 3. The van der Waals surface area contributed by atoms with Crippen LogP contribution in [0.1, 0.15) is 35.6 Å². The molecule has 3 aromatic carbocycles. The van der Waals surface area contributed by atoms with Gasteiger partial charge in [-0.2, -0.15) is 4.31 Å². The van der Waals surface area contributed by atoms with Crippen molar-refractivity contribution in [2.45, 2.75) is 30.6 Å². The molecular formula is C27H27NO3S. The van der Waals surface area contributed by atoms with E-state index in [1.165, 1.54) is 16.7 Å². The van der Waals surface area contributed by atoms with Crippen LogP contribution >= 0.6 is 0 Å². The van der Waals surface area contributed by atoms with Gasteiger partial charge in [0.1, 0.15) is 5.75 Å². The first-order valence-electron chi connectivity index (χ1n) is 10.9. The maximum Gasteiger partial charge on any atom is 0.243 e. The number of hydrogen-bond donors (Lipinski definition) is 0. The molecule has 164 valence electrons. The molecule has 0 radical (unpaired) electrons. The molecule has 0 spiro atoms. The molecule has 1 fully saturated rings. The molecule has 0 amide bonds. The Balaban J connectivity index is 1.63. The van der Waals surface area contributed by atoms with Gasteiger partial charge in [0.15, 0.2) is 0 Å². The van der Waals surface area contributed by atoms with Crippen molar-refractivity contribution in [3.63, 3.8) is 0 Å². The normalized spacial score (nSPS) is 20.7. The lowest BCUT2D eigenvalue weighted by atomic mass is 9.74. The zero-order chi connectivity index (χ0) is 22.5. The number of ether oxygens (including phenoxy) is 1. The van der Waals surface area contributed by atoms with Crippen molar-refractivity contribution in [1.82, 2.24) is 4.31 Å². The Morgan fingerprint density at radius 2 is 1.62 bits per heavy atom. The van der Waals surface area contributed by atoms with Crippen LogP contribution in [0.15, 0.2) is 83.3 Å². The zero-order valence-corrected chi connectivity index (χ0v) is 19.4. The number of aryl methyl sites for hydroxylation is 1. The van der Waals surface area contributed by atoms with Crippen LogP contribution in [0.3, 0.4) is 0 Å². The predicted molar refractivity (Wildman–Crippen MR) is 127 cm³/mol. The molecule has 4 nitrogen and oxygen atoms in total. The van der Waals surface area contributed by atoms with Crippen LogP contribution in [-0.2, 0) is 15.4 Å². The lowest BCUT2D eigenvalue weighted by Gasteiger charge is -2.39. The van der Waals surface area contributed by atoms with E-state index in [0.29, 0.717) is 18.0 Å². The van der Waals surface area contributed by atoms with Crippen LogP contribution in [0, 0.1) is 6.92 Å². The van der Waals surface area contributed by atoms with E-state index in [0.717, 1.165) is 28.9 Å². The summed E-state index contributed by atoms with van der Waals surface area (Å²) in [6.45, 7) is 5.11. The third-order valence-corrected chi connectivity index (χ3v) is 8.85. The standard InChI is InChI=1S/C27H27NO3S/c1-19-8-14-22(15-9-19)32(29,30)28-17-16-27(2)24-7-5-4-6-23(24)26(25(27)18-28)20-10-12-21(31-3)13-11-20/h4-15H,16-18H2,1-3H3. The van der Waals surface area contributed by atoms with E-state index >= 15 is 0 Å². The quantitative estimate of drug-likeness (QED) is 0.557. The van der Waals surface area contributed by atoms with E-state index in [1.807, 2.05) is 31.2 Å². The SMILES string of the molecule is COc1ccc(C2=C3CN(S(=O)(=O)c4ccc(C)cc4)CCC3(C)c3ccccc32)cc1. The van der Waals surface area contributed by atoms with Gasteiger partial charge in [-0.1, -0.05) is 61.0 Å². The number of nitrogens with zero attached hydrogens (tertiary/aromatic N) is 1. The molecule has 1 saturated heterocycles. The smallest absolute Gasteiger partial charge is 0.243 e. The molecule has 1 heterocycles. The number of fused-ring (bicyclic) bond motifs is 3. The number of sulfonamides is 1. The summed E-state index contributed by atoms with van der Waals surface area (Å²) >= 11 is 0. The molecule has 0 bridgehead atoms. The van der Waals surface area contributed by atoms with Crippen molar-refractivity contribution < 1.29 is 13.2 Å². The fourth-order valence-electron chi connectivity index (χ4n) is 5.08. The molecule has 1 aliphatic heterocycles. The van der Waals surface area contributed by atoms with E-state index in [-0.39, 0.29) is 5.41 Å². The van der Waals surface area contributed by atoms with Crippen molar-refractivity contribution in [1.29, 1.82) is 0 Å². The zero-order valence-electron chi connectivity index (χ0n) is 18.6. The summed E-state index contributed by atoms with van der Waals surface area (Å²) in [6.07, 6.45) is 0.754. The highest BCUT2D eigenvalue weighted by Crippen LogP contribution is 2.53. The lowest BCUT2D eigenvalue weighted by Crippen LogP contribution is -2.44. The molecule has 1 unspecified atom stereocenters. The number of rotatable bonds is 4. The van der Waals surface area contributed by atoms with E-state index in [2.05, 4.69) is 43.3 Å². The number of piperidine rings is 1. The van der Waals surface area contributed by atoms with Crippen molar-refractivity contribution in [2.24, 2.45) is 0 Å². The van der Waals surface area contributed by atoms with E-state index < -0.39 is 10.0 Å². The monoisotopic (exact) mass is 445 g/mol. The molecular weight excluding hydrogens is 418 g/mol. The molecule has 0 aromatic heterocycles. The molecule has 2 aliphatic rings. The highest BCUT2D eigenvalue weighted by Gasteiger charge is 2.46. The summed E-state index contributed by atoms with van der Waals surface area (Å²) < 4.78 is 33.9. The predicted octanol–water partition coefficient (Wildman–Crippen LogP) is 5.17. The minimum absolute atomic E-state index is 0.175. The van der Waals surface area contributed by atoms with Gasteiger partial charge < -0.3 is 4.74 Å². The van der Waals surface area contributed by atoms with Crippen LogP contribution < -0.4 is 4.74 Å². The number of methoxy groups -OCH3 is 1. The fourth-order valence-corrected chi connectivity index (χ4v) is 6.49. The third kappa shape index (κ3) is 3.19. The van der Waals surface area contributed by atoms with Crippen LogP contribution in [-0.4, -0.2) is 32.9 Å². The Labute approximate surface area is 190 Å². The molecule has 3 aromatic rings. The number of hydrogen-bond acceptors (Lipinski definition) is 3. The highest BCUT2D eigenvalue weighted by molar-refractivity contribution is 7.89. The summed E-state index contributed by atoms with van der Waals surface area (Å²) in [5.41, 5.74) is 6.77. The second-order valence-electron chi connectivity index (χ2n) is 8.86. The van der Waals surface area contributed by atoms with Gasteiger partial charge in [-0.05, 0) is 65.4 Å². The van der Waals surface area contributed by atoms with Gasteiger partial charge in [0.05, 0.1) is 12.0 Å². The Kier molecular flexibility index (Phi) is 4.99. The first-order valence-corrected chi connectivity index (χ1v) is 12.3. The third-order valence-electron chi connectivity index (χ3n) is 6.99. The Hall–Kier alpha value is -2.89. The maximum absolute atomic E-state index is 13.5. The van der Waals surface area contributed by atoms with Crippen LogP contribution in [0.5, 0.6) is 5.75 Å². The van der Waals surface area contributed by atoms with Gasteiger partial charge in [-0.3, -0.25) is 0 Å².